The summed E-state index contributed by atoms with van der Waals surface area (Å²) in [6.45, 7) is 4.72. The lowest BCUT2D eigenvalue weighted by molar-refractivity contribution is 0.414. The van der Waals surface area contributed by atoms with Gasteiger partial charge in [-0.15, -0.1) is 0 Å². The zero-order chi connectivity index (χ0) is 16.8. The molecule has 2 aromatic carbocycles. The number of hydrogen-bond donors (Lipinski definition) is 0. The van der Waals surface area contributed by atoms with E-state index in [9.17, 15) is 0 Å². The molecule has 0 spiro atoms. The monoisotopic (exact) mass is 347 g/mol. The van der Waals surface area contributed by atoms with Crippen molar-refractivity contribution in [1.82, 2.24) is 0 Å². The van der Waals surface area contributed by atoms with Crippen LogP contribution in [0.1, 0.15) is 25.0 Å². The summed E-state index contributed by atoms with van der Waals surface area (Å²) >= 11 is 12.3. The van der Waals surface area contributed by atoms with E-state index in [1.54, 1.807) is 13.2 Å². The summed E-state index contributed by atoms with van der Waals surface area (Å²) in [6.07, 6.45) is 2.04. The Morgan fingerprint density at radius 1 is 1.17 bits per heavy atom. The van der Waals surface area contributed by atoms with Gasteiger partial charge in [0.25, 0.3) is 0 Å². The maximum absolute atomic E-state index is 6.32. The fraction of sp³-hybridized carbons (Fsp3) is 0.211. The number of halogens is 2. The lowest BCUT2D eigenvalue weighted by Crippen LogP contribution is -2.00. The minimum Gasteiger partial charge on any atom is -0.497 e. The maximum Gasteiger partial charge on any atom is 0.119 e. The SMILES string of the molecule is CCN=C(/C=C(\C)c1cccc(OC)c1)c1ccc(Cl)cc1Cl. The van der Waals surface area contributed by atoms with Gasteiger partial charge in [-0.2, -0.15) is 0 Å². The van der Waals surface area contributed by atoms with Crippen LogP contribution in [0.2, 0.25) is 10.0 Å². The Bertz CT molecular complexity index is 751. The highest BCUT2D eigenvalue weighted by Gasteiger charge is 2.08. The highest BCUT2D eigenvalue weighted by Crippen LogP contribution is 2.25. The van der Waals surface area contributed by atoms with Gasteiger partial charge >= 0.3 is 0 Å². The van der Waals surface area contributed by atoms with Crippen LogP contribution in [0.15, 0.2) is 53.5 Å². The molecule has 2 aromatic rings. The molecule has 2 rings (SSSR count). The van der Waals surface area contributed by atoms with E-state index >= 15 is 0 Å². The van der Waals surface area contributed by atoms with E-state index in [-0.39, 0.29) is 0 Å². The van der Waals surface area contributed by atoms with Gasteiger partial charge < -0.3 is 4.74 Å². The first-order valence-electron chi connectivity index (χ1n) is 7.37. The highest BCUT2D eigenvalue weighted by molar-refractivity contribution is 6.37. The van der Waals surface area contributed by atoms with Crippen LogP contribution in [0.5, 0.6) is 5.75 Å². The maximum atomic E-state index is 6.32. The molecule has 0 aliphatic carbocycles. The molecule has 23 heavy (non-hydrogen) atoms. The van der Waals surface area contributed by atoms with Gasteiger partial charge in [0, 0.05) is 17.1 Å². The first-order chi connectivity index (χ1) is 11.0. The highest BCUT2D eigenvalue weighted by atomic mass is 35.5. The Morgan fingerprint density at radius 3 is 2.61 bits per heavy atom. The molecule has 0 aliphatic heterocycles. The van der Waals surface area contributed by atoms with Crippen molar-refractivity contribution < 1.29 is 4.74 Å². The lowest BCUT2D eigenvalue weighted by Gasteiger charge is -2.09. The number of allylic oxidation sites excluding steroid dienone is 2. The van der Waals surface area contributed by atoms with E-state index in [1.807, 2.05) is 56.3 Å². The minimum atomic E-state index is 0.597. The quantitative estimate of drug-likeness (QED) is 0.615. The molecule has 0 aromatic heterocycles. The molecule has 2 nitrogen and oxygen atoms in total. The molecule has 4 heteroatoms. The molecule has 120 valence electrons. The second-order valence-electron chi connectivity index (χ2n) is 5.04. The molecule has 0 atom stereocenters. The van der Waals surface area contributed by atoms with E-state index in [2.05, 4.69) is 4.99 Å². The Morgan fingerprint density at radius 2 is 1.96 bits per heavy atom. The summed E-state index contributed by atoms with van der Waals surface area (Å²) in [5.41, 5.74) is 3.88. The van der Waals surface area contributed by atoms with Crippen molar-refractivity contribution in [2.75, 3.05) is 13.7 Å². The molecular weight excluding hydrogens is 329 g/mol. The van der Waals surface area contributed by atoms with Gasteiger partial charge in [0.15, 0.2) is 0 Å². The van der Waals surface area contributed by atoms with Crippen molar-refractivity contribution in [3.8, 4) is 5.75 Å². The second-order valence-corrected chi connectivity index (χ2v) is 5.89. The summed E-state index contributed by atoms with van der Waals surface area (Å²) in [6, 6.07) is 13.4. The van der Waals surface area contributed by atoms with Crippen molar-refractivity contribution in [2.45, 2.75) is 13.8 Å². The summed E-state index contributed by atoms with van der Waals surface area (Å²) in [5.74, 6) is 0.828. The zero-order valence-electron chi connectivity index (χ0n) is 13.4. The summed E-state index contributed by atoms with van der Waals surface area (Å²) in [5, 5.41) is 1.21. The number of aliphatic imine (C=N–C) groups is 1. The van der Waals surface area contributed by atoms with Crippen LogP contribution in [0.3, 0.4) is 0 Å². The number of methoxy groups -OCH3 is 1. The van der Waals surface area contributed by atoms with Crippen LogP contribution < -0.4 is 4.74 Å². The van der Waals surface area contributed by atoms with Gasteiger partial charge in [0.05, 0.1) is 17.8 Å². The molecule has 0 unspecified atom stereocenters. The number of hydrogen-bond acceptors (Lipinski definition) is 2. The van der Waals surface area contributed by atoms with Gasteiger partial charge in [-0.1, -0.05) is 35.3 Å². The van der Waals surface area contributed by atoms with Crippen molar-refractivity contribution in [3.05, 3.63) is 69.7 Å². The molecule has 0 heterocycles. The minimum absolute atomic E-state index is 0.597. The topological polar surface area (TPSA) is 21.6 Å². The predicted molar refractivity (Wildman–Crippen MR) is 100 cm³/mol. The smallest absolute Gasteiger partial charge is 0.119 e. The van der Waals surface area contributed by atoms with Crippen molar-refractivity contribution in [2.24, 2.45) is 4.99 Å². The number of ether oxygens (including phenoxy) is 1. The molecule has 0 N–H and O–H groups in total. The number of rotatable bonds is 5. The van der Waals surface area contributed by atoms with E-state index in [4.69, 9.17) is 27.9 Å². The Hall–Kier alpha value is -1.77. The van der Waals surface area contributed by atoms with Crippen LogP contribution in [0.25, 0.3) is 5.57 Å². The van der Waals surface area contributed by atoms with Crippen LogP contribution in [0.4, 0.5) is 0 Å². The van der Waals surface area contributed by atoms with Gasteiger partial charge in [-0.25, -0.2) is 0 Å². The lowest BCUT2D eigenvalue weighted by atomic mass is 10.0. The van der Waals surface area contributed by atoms with Crippen LogP contribution in [-0.4, -0.2) is 19.4 Å². The first-order valence-corrected chi connectivity index (χ1v) is 8.13. The van der Waals surface area contributed by atoms with Gasteiger partial charge in [-0.3, -0.25) is 4.99 Å². The average molecular weight is 348 g/mol. The molecule has 0 amide bonds. The van der Waals surface area contributed by atoms with Gasteiger partial charge in [0.1, 0.15) is 5.75 Å². The van der Waals surface area contributed by atoms with Crippen LogP contribution in [0, 0.1) is 0 Å². The predicted octanol–water partition coefficient (Wildman–Crippen LogP) is 5.91. The van der Waals surface area contributed by atoms with Gasteiger partial charge in [0.2, 0.25) is 0 Å². The van der Waals surface area contributed by atoms with E-state index < -0.39 is 0 Å². The molecule has 0 saturated carbocycles. The normalized spacial score (nSPS) is 12.4. The Balaban J connectivity index is 2.43. The summed E-state index contributed by atoms with van der Waals surface area (Å²) < 4.78 is 5.28. The fourth-order valence-electron chi connectivity index (χ4n) is 2.23. The zero-order valence-corrected chi connectivity index (χ0v) is 14.9. The number of benzene rings is 2. The van der Waals surface area contributed by atoms with Crippen molar-refractivity contribution in [3.63, 3.8) is 0 Å². The van der Waals surface area contributed by atoms with E-state index in [1.165, 1.54) is 0 Å². The van der Waals surface area contributed by atoms with E-state index in [0.29, 0.717) is 16.6 Å². The first kappa shape index (κ1) is 17.6. The molecule has 0 saturated heterocycles. The molecular formula is C19H19Cl2NO. The molecule has 0 bridgehead atoms. The van der Waals surface area contributed by atoms with E-state index in [0.717, 1.165) is 28.2 Å². The summed E-state index contributed by atoms with van der Waals surface area (Å²) in [4.78, 5) is 4.57. The second kappa shape index (κ2) is 8.19. The standard InChI is InChI=1S/C19H19Cl2NO/c1-4-22-19(17-9-8-15(20)12-18(17)21)10-13(2)14-6-5-7-16(11-14)23-3/h5-12H,4H2,1-3H3/b13-10+,22-19?. The van der Waals surface area contributed by atoms with Crippen LogP contribution >= 0.6 is 23.2 Å². The Kier molecular flexibility index (Phi) is 6.26. The molecule has 0 aliphatic rings. The van der Waals surface area contributed by atoms with Crippen molar-refractivity contribution >= 4 is 34.5 Å². The van der Waals surface area contributed by atoms with Gasteiger partial charge in [-0.05, 0) is 61.4 Å². The molecule has 0 fully saturated rings. The third-order valence-electron chi connectivity index (χ3n) is 3.41. The van der Waals surface area contributed by atoms with Crippen molar-refractivity contribution in [1.29, 1.82) is 0 Å². The Labute approximate surface area is 147 Å². The number of nitrogens with zero attached hydrogens (tertiary/aromatic N) is 1. The largest absolute Gasteiger partial charge is 0.497 e. The van der Waals surface area contributed by atoms with Crippen LogP contribution in [-0.2, 0) is 0 Å². The fourth-order valence-corrected chi connectivity index (χ4v) is 2.74. The summed E-state index contributed by atoms with van der Waals surface area (Å²) in [7, 11) is 1.66. The molecule has 0 radical (unpaired) electrons. The average Bonchev–Trinajstić information content (AvgIpc) is 2.54. The third-order valence-corrected chi connectivity index (χ3v) is 3.96. The third kappa shape index (κ3) is 4.60.